The highest BCUT2D eigenvalue weighted by atomic mass is 16.4. The third-order valence-corrected chi connectivity index (χ3v) is 2.44. The second-order valence-corrected chi connectivity index (χ2v) is 4.47. The third kappa shape index (κ3) is 12.2. The van der Waals surface area contributed by atoms with Crippen LogP contribution in [0.25, 0.3) is 0 Å². The van der Waals surface area contributed by atoms with Crippen LogP contribution in [0.15, 0.2) is 0 Å². The van der Waals surface area contributed by atoms with E-state index in [1.165, 1.54) is 6.92 Å². The maximum absolute atomic E-state index is 8.89. The Morgan fingerprint density at radius 2 is 1.39 bits per heavy atom. The van der Waals surface area contributed by atoms with Crippen LogP contribution in [0.2, 0.25) is 0 Å². The molecule has 112 valence electrons. The van der Waals surface area contributed by atoms with Crippen LogP contribution in [0.1, 0.15) is 40.0 Å². The molecule has 6 N–H and O–H groups in total. The van der Waals surface area contributed by atoms with E-state index in [-0.39, 0.29) is 12.7 Å². The van der Waals surface area contributed by atoms with Crippen molar-refractivity contribution in [2.75, 3.05) is 6.61 Å². The van der Waals surface area contributed by atoms with E-state index < -0.39 is 24.4 Å². The molecule has 0 rings (SSSR count). The van der Waals surface area contributed by atoms with Gasteiger partial charge in [0, 0.05) is 0 Å². The fraction of sp³-hybridized carbons (Fsp3) is 1.00. The Morgan fingerprint density at radius 3 is 1.61 bits per heavy atom. The van der Waals surface area contributed by atoms with Crippen LogP contribution in [0.4, 0.5) is 0 Å². The summed E-state index contributed by atoms with van der Waals surface area (Å²) in [4.78, 5) is 0. The summed E-state index contributed by atoms with van der Waals surface area (Å²) in [7, 11) is 0. The van der Waals surface area contributed by atoms with Gasteiger partial charge in [-0.2, -0.15) is 0 Å². The number of aliphatic hydroxyl groups excluding tert-OH is 6. The van der Waals surface area contributed by atoms with Gasteiger partial charge in [0.2, 0.25) is 0 Å². The molecule has 0 amide bonds. The van der Waals surface area contributed by atoms with Crippen molar-refractivity contribution in [1.29, 1.82) is 0 Å². The molecule has 6 nitrogen and oxygen atoms in total. The van der Waals surface area contributed by atoms with E-state index in [1.807, 2.05) is 0 Å². The summed E-state index contributed by atoms with van der Waals surface area (Å²) < 4.78 is 0. The fourth-order valence-electron chi connectivity index (χ4n) is 1.09. The van der Waals surface area contributed by atoms with Gasteiger partial charge in [0.1, 0.15) is 6.10 Å². The maximum Gasteiger partial charge on any atom is 0.105 e. The quantitative estimate of drug-likeness (QED) is 0.352. The van der Waals surface area contributed by atoms with E-state index in [0.29, 0.717) is 19.3 Å². The third-order valence-electron chi connectivity index (χ3n) is 2.44. The monoisotopic (exact) mass is 268 g/mol. The molecule has 0 aliphatic carbocycles. The molecule has 0 aliphatic heterocycles. The van der Waals surface area contributed by atoms with E-state index in [2.05, 4.69) is 0 Å². The van der Waals surface area contributed by atoms with Crippen molar-refractivity contribution in [2.45, 2.75) is 70.6 Å². The predicted molar refractivity (Wildman–Crippen MR) is 68.0 cm³/mol. The standard InChI is InChI=1S/2C6H14O3/c1-5(8)2-3-6(9)4-7;1-3-5(8)6(9)4(2)7/h5-9H,2-4H2,1H3;4-9H,3H2,1-2H3. The van der Waals surface area contributed by atoms with Gasteiger partial charge in [0.05, 0.1) is 31.0 Å². The average molecular weight is 268 g/mol. The normalized spacial score (nSPS) is 19.2. The second-order valence-electron chi connectivity index (χ2n) is 4.47. The molecule has 0 aromatic rings. The minimum absolute atomic E-state index is 0.216. The molecule has 0 aromatic carbocycles. The van der Waals surface area contributed by atoms with Crippen molar-refractivity contribution in [1.82, 2.24) is 0 Å². The van der Waals surface area contributed by atoms with E-state index in [9.17, 15) is 0 Å². The predicted octanol–water partition coefficient (Wildman–Crippen LogP) is -1.00. The van der Waals surface area contributed by atoms with Crippen molar-refractivity contribution in [3.05, 3.63) is 0 Å². The Labute approximate surface area is 109 Å². The minimum atomic E-state index is -1.00. The SMILES string of the molecule is CC(O)CCC(O)CO.CCC(O)C(O)C(C)O. The zero-order valence-corrected chi connectivity index (χ0v) is 11.4. The molecule has 0 aromatic heterocycles. The lowest BCUT2D eigenvalue weighted by Gasteiger charge is -2.17. The molecule has 0 aliphatic rings. The molecule has 5 atom stereocenters. The lowest BCUT2D eigenvalue weighted by molar-refractivity contribution is -0.0524. The van der Waals surface area contributed by atoms with Gasteiger partial charge in [-0.25, -0.2) is 0 Å². The first-order valence-electron chi connectivity index (χ1n) is 6.27. The molecule has 0 saturated carbocycles. The van der Waals surface area contributed by atoms with Gasteiger partial charge in [0.15, 0.2) is 0 Å². The number of rotatable bonds is 7. The highest BCUT2D eigenvalue weighted by Gasteiger charge is 2.18. The van der Waals surface area contributed by atoms with Gasteiger partial charge in [-0.15, -0.1) is 0 Å². The van der Waals surface area contributed by atoms with E-state index in [1.54, 1.807) is 13.8 Å². The summed E-state index contributed by atoms with van der Waals surface area (Å²) in [5.74, 6) is 0. The van der Waals surface area contributed by atoms with Crippen LogP contribution in [0.5, 0.6) is 0 Å². The van der Waals surface area contributed by atoms with E-state index in [4.69, 9.17) is 30.6 Å². The topological polar surface area (TPSA) is 121 Å². The Bertz CT molecular complexity index is 174. The lowest BCUT2D eigenvalue weighted by Crippen LogP contribution is -2.34. The molecular formula is C12H28O6. The average Bonchev–Trinajstić information content (AvgIpc) is 2.34. The molecule has 0 fully saturated rings. The van der Waals surface area contributed by atoms with Gasteiger partial charge in [-0.05, 0) is 33.1 Å². The zero-order chi connectivity index (χ0) is 14.7. The Morgan fingerprint density at radius 1 is 0.889 bits per heavy atom. The summed E-state index contributed by atoms with van der Waals surface area (Å²) in [5.41, 5.74) is 0. The molecule has 0 radical (unpaired) electrons. The number of hydrogen-bond donors (Lipinski definition) is 6. The highest BCUT2D eigenvalue weighted by molar-refractivity contribution is 4.69. The van der Waals surface area contributed by atoms with Crippen molar-refractivity contribution >= 4 is 0 Å². The lowest BCUT2D eigenvalue weighted by atomic mass is 10.1. The molecule has 0 spiro atoms. The summed E-state index contributed by atoms with van der Waals surface area (Å²) >= 11 is 0. The molecule has 0 heterocycles. The van der Waals surface area contributed by atoms with Crippen LogP contribution in [-0.2, 0) is 0 Å². The zero-order valence-electron chi connectivity index (χ0n) is 11.4. The van der Waals surface area contributed by atoms with E-state index >= 15 is 0 Å². The second kappa shape index (κ2) is 11.8. The largest absolute Gasteiger partial charge is 0.394 e. The van der Waals surface area contributed by atoms with Crippen molar-refractivity contribution in [3.63, 3.8) is 0 Å². The fourth-order valence-corrected chi connectivity index (χ4v) is 1.09. The summed E-state index contributed by atoms with van der Waals surface area (Å²) in [5, 5.41) is 52.3. The van der Waals surface area contributed by atoms with Gasteiger partial charge in [-0.1, -0.05) is 6.92 Å². The van der Waals surface area contributed by atoms with Crippen molar-refractivity contribution in [2.24, 2.45) is 0 Å². The maximum atomic E-state index is 8.89. The van der Waals surface area contributed by atoms with Crippen LogP contribution in [0, 0.1) is 0 Å². The summed E-state index contributed by atoms with van der Waals surface area (Å²) in [6.07, 6.45) is -2.23. The Kier molecular flexibility index (Phi) is 13.2. The van der Waals surface area contributed by atoms with Crippen molar-refractivity contribution in [3.8, 4) is 0 Å². The van der Waals surface area contributed by atoms with Crippen LogP contribution < -0.4 is 0 Å². The molecule has 0 saturated heterocycles. The van der Waals surface area contributed by atoms with Gasteiger partial charge in [-0.3, -0.25) is 0 Å². The van der Waals surface area contributed by atoms with Gasteiger partial charge < -0.3 is 30.6 Å². The molecule has 6 heteroatoms. The highest BCUT2D eigenvalue weighted by Crippen LogP contribution is 2.02. The number of aliphatic hydroxyl groups is 6. The van der Waals surface area contributed by atoms with Crippen LogP contribution >= 0.6 is 0 Å². The van der Waals surface area contributed by atoms with Crippen LogP contribution in [-0.4, -0.2) is 67.8 Å². The first-order valence-corrected chi connectivity index (χ1v) is 6.27. The molecular weight excluding hydrogens is 240 g/mol. The van der Waals surface area contributed by atoms with E-state index in [0.717, 1.165) is 0 Å². The minimum Gasteiger partial charge on any atom is -0.394 e. The van der Waals surface area contributed by atoms with Crippen LogP contribution in [0.3, 0.4) is 0 Å². The van der Waals surface area contributed by atoms with Crippen molar-refractivity contribution < 1.29 is 30.6 Å². The summed E-state index contributed by atoms with van der Waals surface area (Å²) in [6.45, 7) is 4.64. The molecule has 5 unspecified atom stereocenters. The molecule has 18 heavy (non-hydrogen) atoms. The number of hydrogen-bond acceptors (Lipinski definition) is 6. The van der Waals surface area contributed by atoms with Gasteiger partial charge in [0.25, 0.3) is 0 Å². The smallest absolute Gasteiger partial charge is 0.105 e. The molecule has 0 bridgehead atoms. The summed E-state index contributed by atoms with van der Waals surface area (Å²) in [6, 6.07) is 0. The van der Waals surface area contributed by atoms with Gasteiger partial charge >= 0.3 is 0 Å². The first kappa shape index (κ1) is 20.1. The first-order chi connectivity index (χ1) is 8.26. The Hall–Kier alpha value is -0.240. The Balaban J connectivity index is 0.